The lowest BCUT2D eigenvalue weighted by atomic mass is 10.1. The Morgan fingerprint density at radius 3 is 2.79 bits per heavy atom. The number of carbonyl (C=O) groups excluding carboxylic acids is 2. The van der Waals surface area contributed by atoms with Crippen molar-refractivity contribution in [2.75, 3.05) is 13.1 Å². The summed E-state index contributed by atoms with van der Waals surface area (Å²) in [6.45, 7) is 3.40. The van der Waals surface area contributed by atoms with Crippen LogP contribution in [0.3, 0.4) is 0 Å². The second kappa shape index (κ2) is 3.69. The Morgan fingerprint density at radius 2 is 2.29 bits per heavy atom. The summed E-state index contributed by atoms with van der Waals surface area (Å²) in [5, 5.41) is 3.29. The summed E-state index contributed by atoms with van der Waals surface area (Å²) in [6.07, 6.45) is 2.62. The molecule has 4 nitrogen and oxygen atoms in total. The minimum atomic E-state index is -0.107. The van der Waals surface area contributed by atoms with Gasteiger partial charge in [0, 0.05) is 24.9 Å². The molecule has 1 unspecified atom stereocenters. The third-order valence-electron chi connectivity index (χ3n) is 3.03. The number of nitrogens with one attached hydrogen (secondary N) is 1. The molecule has 14 heavy (non-hydrogen) atoms. The van der Waals surface area contributed by atoms with Gasteiger partial charge >= 0.3 is 0 Å². The van der Waals surface area contributed by atoms with Crippen LogP contribution in [-0.2, 0) is 9.59 Å². The fourth-order valence-corrected chi connectivity index (χ4v) is 2.17. The van der Waals surface area contributed by atoms with E-state index in [9.17, 15) is 9.59 Å². The Kier molecular flexibility index (Phi) is 2.54. The van der Waals surface area contributed by atoms with Crippen LogP contribution in [0.1, 0.15) is 26.2 Å². The molecule has 2 saturated heterocycles. The topological polar surface area (TPSA) is 49.4 Å². The number of likely N-dealkylation sites (tertiary alicyclic amines) is 1. The van der Waals surface area contributed by atoms with Crippen LogP contribution < -0.4 is 5.32 Å². The molecule has 2 aliphatic heterocycles. The number of amides is 2. The maximum absolute atomic E-state index is 11.6. The molecule has 2 fully saturated rings. The third kappa shape index (κ3) is 1.66. The average molecular weight is 196 g/mol. The molecule has 0 aromatic heterocycles. The molecule has 2 heterocycles. The molecule has 0 spiro atoms. The predicted octanol–water partition coefficient (Wildman–Crippen LogP) is 0.133. The second-order valence-electron chi connectivity index (χ2n) is 4.24. The van der Waals surface area contributed by atoms with Crippen molar-refractivity contribution in [1.29, 1.82) is 0 Å². The van der Waals surface area contributed by atoms with Gasteiger partial charge in [0.25, 0.3) is 0 Å². The van der Waals surface area contributed by atoms with E-state index in [1.807, 2.05) is 6.92 Å². The van der Waals surface area contributed by atoms with Gasteiger partial charge < -0.3 is 5.32 Å². The molecular weight excluding hydrogens is 180 g/mol. The van der Waals surface area contributed by atoms with Crippen LogP contribution in [0.4, 0.5) is 0 Å². The summed E-state index contributed by atoms with van der Waals surface area (Å²) < 4.78 is 0. The number of nitrogens with zero attached hydrogens (tertiary/aromatic N) is 1. The molecule has 0 aliphatic carbocycles. The van der Waals surface area contributed by atoms with Gasteiger partial charge in [0.1, 0.15) is 0 Å². The van der Waals surface area contributed by atoms with Crippen LogP contribution >= 0.6 is 0 Å². The first-order chi connectivity index (χ1) is 6.68. The fourth-order valence-electron chi connectivity index (χ4n) is 2.17. The lowest BCUT2D eigenvalue weighted by Crippen LogP contribution is -2.40. The van der Waals surface area contributed by atoms with Gasteiger partial charge in [-0.25, -0.2) is 0 Å². The summed E-state index contributed by atoms with van der Waals surface area (Å²) in [6, 6.07) is 0.327. The minimum Gasteiger partial charge on any atom is -0.312 e. The van der Waals surface area contributed by atoms with Crippen LogP contribution in [0.15, 0.2) is 0 Å². The predicted molar refractivity (Wildman–Crippen MR) is 51.5 cm³/mol. The van der Waals surface area contributed by atoms with Crippen LogP contribution in [0.2, 0.25) is 0 Å². The van der Waals surface area contributed by atoms with Crippen LogP contribution in [-0.4, -0.2) is 35.8 Å². The van der Waals surface area contributed by atoms with Crippen molar-refractivity contribution < 1.29 is 9.59 Å². The van der Waals surface area contributed by atoms with E-state index >= 15 is 0 Å². The molecule has 0 saturated carbocycles. The molecule has 4 heteroatoms. The van der Waals surface area contributed by atoms with Gasteiger partial charge in [-0.05, 0) is 19.4 Å². The number of hydrogen-bond donors (Lipinski definition) is 1. The molecule has 1 N–H and O–H groups in total. The van der Waals surface area contributed by atoms with Gasteiger partial charge in [0.05, 0.1) is 0 Å². The van der Waals surface area contributed by atoms with Crippen molar-refractivity contribution in [3.63, 3.8) is 0 Å². The molecule has 0 radical (unpaired) electrons. The molecule has 0 bridgehead atoms. The van der Waals surface area contributed by atoms with Gasteiger partial charge in [-0.1, -0.05) is 6.92 Å². The van der Waals surface area contributed by atoms with E-state index in [2.05, 4.69) is 5.32 Å². The highest BCUT2D eigenvalue weighted by atomic mass is 16.2. The second-order valence-corrected chi connectivity index (χ2v) is 4.24. The smallest absolute Gasteiger partial charge is 0.232 e. The Labute approximate surface area is 83.6 Å². The fraction of sp³-hybridized carbons (Fsp3) is 0.800. The first-order valence-electron chi connectivity index (χ1n) is 5.26. The summed E-state index contributed by atoms with van der Waals surface area (Å²) in [5.41, 5.74) is 0. The number of carbonyl (C=O) groups is 2. The summed E-state index contributed by atoms with van der Waals surface area (Å²) in [5.74, 6) is -0.108. The highest BCUT2D eigenvalue weighted by Crippen LogP contribution is 2.20. The first kappa shape index (κ1) is 9.65. The quantitative estimate of drug-likeness (QED) is 0.639. The van der Waals surface area contributed by atoms with Crippen LogP contribution in [0, 0.1) is 5.92 Å². The maximum Gasteiger partial charge on any atom is 0.232 e. The Hall–Kier alpha value is -0.900. The van der Waals surface area contributed by atoms with E-state index < -0.39 is 0 Å². The lowest BCUT2D eigenvalue weighted by Gasteiger charge is -2.18. The van der Waals surface area contributed by atoms with Crippen molar-refractivity contribution in [1.82, 2.24) is 10.2 Å². The summed E-state index contributed by atoms with van der Waals surface area (Å²) >= 11 is 0. The number of imide groups is 1. The molecular formula is C10H16N2O2. The maximum atomic E-state index is 11.6. The molecule has 2 atom stereocenters. The summed E-state index contributed by atoms with van der Waals surface area (Å²) in [4.78, 5) is 24.5. The van der Waals surface area contributed by atoms with Crippen molar-refractivity contribution in [2.45, 2.75) is 32.2 Å². The minimum absolute atomic E-state index is 0.00343. The molecule has 78 valence electrons. The van der Waals surface area contributed by atoms with E-state index in [1.165, 1.54) is 4.90 Å². The Bertz CT molecular complexity index is 259. The van der Waals surface area contributed by atoms with Crippen molar-refractivity contribution in [3.8, 4) is 0 Å². The van der Waals surface area contributed by atoms with Crippen molar-refractivity contribution in [2.24, 2.45) is 5.92 Å². The monoisotopic (exact) mass is 196 g/mol. The van der Waals surface area contributed by atoms with Gasteiger partial charge in [-0.2, -0.15) is 0 Å². The van der Waals surface area contributed by atoms with Crippen molar-refractivity contribution in [3.05, 3.63) is 0 Å². The number of rotatable bonds is 2. The summed E-state index contributed by atoms with van der Waals surface area (Å²) in [7, 11) is 0. The first-order valence-corrected chi connectivity index (χ1v) is 5.26. The van der Waals surface area contributed by atoms with E-state index in [-0.39, 0.29) is 17.7 Å². The van der Waals surface area contributed by atoms with Crippen molar-refractivity contribution >= 4 is 11.8 Å². The lowest BCUT2D eigenvalue weighted by molar-refractivity contribution is -0.139. The van der Waals surface area contributed by atoms with Gasteiger partial charge in [-0.3, -0.25) is 14.5 Å². The highest BCUT2D eigenvalue weighted by molar-refractivity contribution is 6.03. The standard InChI is InChI=1S/C10H16N2O2/c1-7-5-9(13)12(10(7)14)6-8-3-2-4-11-8/h7-8,11H,2-6H2,1H3/t7?,8-/m0/s1. The molecule has 2 aliphatic rings. The van der Waals surface area contributed by atoms with Crippen LogP contribution in [0.5, 0.6) is 0 Å². The highest BCUT2D eigenvalue weighted by Gasteiger charge is 2.36. The van der Waals surface area contributed by atoms with Crippen LogP contribution in [0.25, 0.3) is 0 Å². The number of hydrogen-bond acceptors (Lipinski definition) is 3. The molecule has 2 amide bonds. The van der Waals surface area contributed by atoms with Gasteiger partial charge in [-0.15, -0.1) is 0 Å². The van der Waals surface area contributed by atoms with E-state index in [0.717, 1.165) is 19.4 Å². The molecule has 0 aromatic rings. The Morgan fingerprint density at radius 1 is 1.50 bits per heavy atom. The van der Waals surface area contributed by atoms with Gasteiger partial charge in [0.15, 0.2) is 0 Å². The zero-order chi connectivity index (χ0) is 10.1. The van der Waals surface area contributed by atoms with Gasteiger partial charge in [0.2, 0.25) is 11.8 Å². The van der Waals surface area contributed by atoms with E-state index in [4.69, 9.17) is 0 Å². The molecule has 2 rings (SSSR count). The zero-order valence-corrected chi connectivity index (χ0v) is 8.45. The molecule has 0 aromatic carbocycles. The average Bonchev–Trinajstić information content (AvgIpc) is 2.71. The third-order valence-corrected chi connectivity index (χ3v) is 3.03. The normalized spacial score (nSPS) is 33.1. The van der Waals surface area contributed by atoms with E-state index in [1.54, 1.807) is 0 Å². The zero-order valence-electron chi connectivity index (χ0n) is 8.45. The largest absolute Gasteiger partial charge is 0.312 e. The Balaban J connectivity index is 1.96. The SMILES string of the molecule is CC1CC(=O)N(C[C@@H]2CCCN2)C1=O. The van der Waals surface area contributed by atoms with E-state index in [0.29, 0.717) is 19.0 Å².